The Bertz CT molecular complexity index is 880. The summed E-state index contributed by atoms with van der Waals surface area (Å²) in [6.07, 6.45) is 0.0794. The van der Waals surface area contributed by atoms with Gasteiger partial charge in [0.15, 0.2) is 6.61 Å². The number of ether oxygens (including phenoxy) is 1. The third-order valence-electron chi connectivity index (χ3n) is 3.19. The highest BCUT2D eigenvalue weighted by Gasteiger charge is 2.11. The fraction of sp³-hybridized carbons (Fsp3) is 0.125. The molecule has 1 heterocycles. The largest absolute Gasteiger partial charge is 0.455 e. The highest BCUT2D eigenvalue weighted by Crippen LogP contribution is 2.20. The Hall–Kier alpha value is -2.51. The SMILES string of the molecule is O=C(COC(=O)Cc1ccc(Cl)cc1)Nc1cccc2nsnc12. The minimum Gasteiger partial charge on any atom is -0.455 e. The van der Waals surface area contributed by atoms with E-state index in [1.807, 2.05) is 0 Å². The molecular formula is C16H12ClN3O3S. The van der Waals surface area contributed by atoms with Gasteiger partial charge in [0.2, 0.25) is 0 Å². The Morgan fingerprint density at radius 1 is 1.12 bits per heavy atom. The van der Waals surface area contributed by atoms with Crippen molar-refractivity contribution < 1.29 is 14.3 Å². The van der Waals surface area contributed by atoms with E-state index in [9.17, 15) is 9.59 Å². The smallest absolute Gasteiger partial charge is 0.310 e. The number of nitrogens with zero attached hydrogens (tertiary/aromatic N) is 2. The van der Waals surface area contributed by atoms with Crippen LogP contribution in [0.2, 0.25) is 5.02 Å². The number of halogens is 1. The molecule has 2 aromatic carbocycles. The zero-order valence-corrected chi connectivity index (χ0v) is 13.9. The van der Waals surface area contributed by atoms with Gasteiger partial charge in [-0.15, -0.1) is 0 Å². The predicted octanol–water partition coefficient (Wildman–Crippen LogP) is 3.07. The third kappa shape index (κ3) is 4.06. The van der Waals surface area contributed by atoms with Gasteiger partial charge in [-0.05, 0) is 29.8 Å². The summed E-state index contributed by atoms with van der Waals surface area (Å²) in [6, 6.07) is 12.2. The van der Waals surface area contributed by atoms with Gasteiger partial charge >= 0.3 is 5.97 Å². The highest BCUT2D eigenvalue weighted by atomic mass is 35.5. The van der Waals surface area contributed by atoms with Gasteiger partial charge in [-0.1, -0.05) is 29.8 Å². The highest BCUT2D eigenvalue weighted by molar-refractivity contribution is 7.00. The first-order chi connectivity index (χ1) is 11.6. The van der Waals surface area contributed by atoms with Gasteiger partial charge in [0, 0.05) is 5.02 Å². The van der Waals surface area contributed by atoms with E-state index in [1.54, 1.807) is 42.5 Å². The van der Waals surface area contributed by atoms with E-state index in [1.165, 1.54) is 0 Å². The van der Waals surface area contributed by atoms with Crippen LogP contribution in [0.4, 0.5) is 5.69 Å². The van der Waals surface area contributed by atoms with Crippen molar-refractivity contribution in [3.05, 3.63) is 53.1 Å². The number of hydrogen-bond acceptors (Lipinski definition) is 6. The van der Waals surface area contributed by atoms with Gasteiger partial charge < -0.3 is 10.1 Å². The molecule has 1 N–H and O–H groups in total. The van der Waals surface area contributed by atoms with Crippen LogP contribution in [0, 0.1) is 0 Å². The van der Waals surface area contributed by atoms with E-state index in [4.69, 9.17) is 16.3 Å². The maximum atomic E-state index is 11.9. The lowest BCUT2D eigenvalue weighted by atomic mass is 10.1. The lowest BCUT2D eigenvalue weighted by Crippen LogP contribution is -2.21. The van der Waals surface area contributed by atoms with Crippen LogP contribution < -0.4 is 5.32 Å². The fourth-order valence-electron chi connectivity index (χ4n) is 2.06. The Kier molecular flexibility index (Phi) is 5.02. The van der Waals surface area contributed by atoms with Crippen molar-refractivity contribution >= 4 is 51.9 Å². The molecule has 8 heteroatoms. The van der Waals surface area contributed by atoms with E-state index in [0.717, 1.165) is 17.3 Å². The number of amides is 1. The summed E-state index contributed by atoms with van der Waals surface area (Å²) in [6.45, 7) is -0.361. The van der Waals surface area contributed by atoms with Gasteiger partial charge in [-0.2, -0.15) is 8.75 Å². The van der Waals surface area contributed by atoms with Crippen molar-refractivity contribution in [1.29, 1.82) is 0 Å². The van der Waals surface area contributed by atoms with Crippen molar-refractivity contribution in [3.8, 4) is 0 Å². The second-order valence-electron chi connectivity index (χ2n) is 4.95. The summed E-state index contributed by atoms with van der Waals surface area (Å²) in [5.41, 5.74) is 2.63. The minimum absolute atomic E-state index is 0.0794. The first-order valence-corrected chi connectivity index (χ1v) is 8.14. The number of anilines is 1. The molecule has 122 valence electrons. The molecule has 0 saturated heterocycles. The van der Waals surface area contributed by atoms with E-state index in [2.05, 4.69) is 14.1 Å². The van der Waals surface area contributed by atoms with E-state index >= 15 is 0 Å². The van der Waals surface area contributed by atoms with Crippen molar-refractivity contribution in [2.24, 2.45) is 0 Å². The number of rotatable bonds is 5. The number of carbonyl (C=O) groups excluding carboxylic acids is 2. The first-order valence-electron chi connectivity index (χ1n) is 7.03. The maximum absolute atomic E-state index is 11.9. The molecular weight excluding hydrogens is 350 g/mol. The molecule has 0 aliphatic rings. The summed E-state index contributed by atoms with van der Waals surface area (Å²) >= 11 is 6.85. The molecule has 0 aliphatic heterocycles. The number of benzene rings is 2. The monoisotopic (exact) mass is 361 g/mol. The molecule has 3 aromatic rings. The Morgan fingerprint density at radius 2 is 1.92 bits per heavy atom. The van der Waals surface area contributed by atoms with Crippen LogP contribution in [-0.4, -0.2) is 27.2 Å². The van der Waals surface area contributed by atoms with E-state index in [0.29, 0.717) is 21.7 Å². The molecule has 0 atom stereocenters. The minimum atomic E-state index is -0.485. The molecule has 1 aromatic heterocycles. The van der Waals surface area contributed by atoms with Crippen LogP contribution in [0.25, 0.3) is 11.0 Å². The quantitative estimate of drug-likeness (QED) is 0.706. The number of hydrogen-bond donors (Lipinski definition) is 1. The molecule has 0 saturated carbocycles. The van der Waals surface area contributed by atoms with Crippen LogP contribution in [0.15, 0.2) is 42.5 Å². The second-order valence-corrected chi connectivity index (χ2v) is 5.91. The second kappa shape index (κ2) is 7.37. The zero-order chi connectivity index (χ0) is 16.9. The lowest BCUT2D eigenvalue weighted by molar-refractivity contribution is -0.146. The molecule has 0 aliphatic carbocycles. The van der Waals surface area contributed by atoms with Gasteiger partial charge in [-0.3, -0.25) is 9.59 Å². The van der Waals surface area contributed by atoms with E-state index < -0.39 is 11.9 Å². The lowest BCUT2D eigenvalue weighted by Gasteiger charge is -2.07. The Balaban J connectivity index is 1.53. The summed E-state index contributed by atoms with van der Waals surface area (Å²) in [7, 11) is 0. The molecule has 0 spiro atoms. The van der Waals surface area contributed by atoms with Crippen molar-refractivity contribution in [3.63, 3.8) is 0 Å². The first kappa shape index (κ1) is 16.4. The van der Waals surface area contributed by atoms with Crippen LogP contribution in [0.1, 0.15) is 5.56 Å². The summed E-state index contributed by atoms with van der Waals surface area (Å²) in [5.74, 6) is -0.916. The molecule has 1 amide bonds. The summed E-state index contributed by atoms with van der Waals surface area (Å²) < 4.78 is 13.2. The molecule has 0 fully saturated rings. The van der Waals surface area contributed by atoms with Crippen molar-refractivity contribution in [2.45, 2.75) is 6.42 Å². The number of fused-ring (bicyclic) bond motifs is 1. The van der Waals surface area contributed by atoms with Crippen LogP contribution in [0.5, 0.6) is 0 Å². The Labute approximate surface area is 146 Å². The molecule has 0 bridgehead atoms. The van der Waals surface area contributed by atoms with Crippen molar-refractivity contribution in [1.82, 2.24) is 8.75 Å². The average molecular weight is 362 g/mol. The van der Waals surface area contributed by atoms with Gasteiger partial charge in [0.25, 0.3) is 5.91 Å². The van der Waals surface area contributed by atoms with E-state index in [-0.39, 0.29) is 13.0 Å². The molecule has 3 rings (SSSR count). The van der Waals surface area contributed by atoms with Gasteiger partial charge in [-0.25, -0.2) is 0 Å². The van der Waals surface area contributed by atoms with Gasteiger partial charge in [0.05, 0.1) is 23.8 Å². The van der Waals surface area contributed by atoms with Gasteiger partial charge in [0.1, 0.15) is 11.0 Å². The molecule has 6 nitrogen and oxygen atoms in total. The summed E-state index contributed by atoms with van der Waals surface area (Å²) in [4.78, 5) is 23.7. The molecule has 0 radical (unpaired) electrons. The Morgan fingerprint density at radius 3 is 2.71 bits per heavy atom. The topological polar surface area (TPSA) is 81.2 Å². The maximum Gasteiger partial charge on any atom is 0.310 e. The van der Waals surface area contributed by atoms with Crippen LogP contribution >= 0.6 is 23.3 Å². The summed E-state index contributed by atoms with van der Waals surface area (Å²) in [5, 5.41) is 3.26. The molecule has 24 heavy (non-hydrogen) atoms. The number of aromatic nitrogens is 2. The average Bonchev–Trinajstić information content (AvgIpc) is 3.05. The van der Waals surface area contributed by atoms with Crippen LogP contribution in [-0.2, 0) is 20.7 Å². The number of esters is 1. The third-order valence-corrected chi connectivity index (χ3v) is 3.98. The van der Waals surface area contributed by atoms with Crippen LogP contribution in [0.3, 0.4) is 0 Å². The molecule has 0 unspecified atom stereocenters. The predicted molar refractivity (Wildman–Crippen MR) is 92.2 cm³/mol. The zero-order valence-electron chi connectivity index (χ0n) is 12.4. The number of nitrogens with one attached hydrogen (secondary N) is 1. The normalized spacial score (nSPS) is 10.5. The number of carbonyl (C=O) groups is 2. The fourth-order valence-corrected chi connectivity index (χ4v) is 2.73. The van der Waals surface area contributed by atoms with Crippen molar-refractivity contribution in [2.75, 3.05) is 11.9 Å². The standard InChI is InChI=1S/C16H12ClN3O3S/c17-11-6-4-10(5-7-11)8-15(22)23-9-14(21)18-12-2-1-3-13-16(12)20-24-19-13/h1-7H,8-9H2,(H,18,21).